The van der Waals surface area contributed by atoms with Crippen LogP contribution in [0.3, 0.4) is 0 Å². The quantitative estimate of drug-likeness (QED) is 0.880. The van der Waals surface area contributed by atoms with E-state index in [1.807, 2.05) is 13.8 Å². The van der Waals surface area contributed by atoms with E-state index in [2.05, 4.69) is 15.1 Å². The maximum absolute atomic E-state index is 12.7. The molecule has 90 valence electrons. The van der Waals surface area contributed by atoms with Crippen LogP contribution in [0.5, 0.6) is 0 Å². The van der Waals surface area contributed by atoms with E-state index in [1.165, 1.54) is 12.1 Å². The molecule has 0 saturated carbocycles. The van der Waals surface area contributed by atoms with Crippen LogP contribution in [0.15, 0.2) is 22.9 Å². The molecule has 0 aromatic carbocycles. The number of nitrogens with zero attached hydrogens (tertiary/aromatic N) is 3. The molecule has 2 heterocycles. The summed E-state index contributed by atoms with van der Waals surface area (Å²) in [4.78, 5) is 8.00. The van der Waals surface area contributed by atoms with E-state index in [0.29, 0.717) is 11.5 Å². The van der Waals surface area contributed by atoms with Gasteiger partial charge in [-0.15, -0.1) is 0 Å². The minimum absolute atomic E-state index is 0.210. The second-order valence-corrected chi connectivity index (χ2v) is 4.09. The van der Waals surface area contributed by atoms with Gasteiger partial charge < -0.3 is 10.3 Å². The van der Waals surface area contributed by atoms with E-state index >= 15 is 0 Å². The molecule has 2 aromatic heterocycles. The van der Waals surface area contributed by atoms with Crippen LogP contribution in [0.2, 0.25) is 0 Å². The fraction of sp³-hybridized carbons (Fsp3) is 0.364. The zero-order chi connectivity index (χ0) is 12.4. The first kappa shape index (κ1) is 11.7. The highest BCUT2D eigenvalue weighted by molar-refractivity contribution is 5.45. The fourth-order valence-electron chi connectivity index (χ4n) is 1.27. The molecule has 0 aliphatic carbocycles. The predicted octanol–water partition coefficient (Wildman–Crippen LogP) is 1.93. The average Bonchev–Trinajstić information content (AvgIpc) is 2.78. The molecule has 2 N–H and O–H groups in total. The normalized spacial score (nSPS) is 13.0. The lowest BCUT2D eigenvalue weighted by atomic mass is 10.1. The van der Waals surface area contributed by atoms with Crippen molar-refractivity contribution in [3.63, 3.8) is 0 Å². The van der Waals surface area contributed by atoms with Crippen molar-refractivity contribution < 1.29 is 8.91 Å². The van der Waals surface area contributed by atoms with Crippen LogP contribution < -0.4 is 5.73 Å². The molecular formula is C11H13FN4O. The first-order valence-corrected chi connectivity index (χ1v) is 5.29. The summed E-state index contributed by atoms with van der Waals surface area (Å²) in [6.45, 7) is 3.94. The van der Waals surface area contributed by atoms with E-state index < -0.39 is 5.82 Å². The lowest BCUT2D eigenvalue weighted by Crippen LogP contribution is -2.18. The summed E-state index contributed by atoms with van der Waals surface area (Å²) in [6.07, 6.45) is 1.10. The summed E-state index contributed by atoms with van der Waals surface area (Å²) >= 11 is 0. The molecule has 1 atom stereocenters. The van der Waals surface area contributed by atoms with E-state index in [4.69, 9.17) is 10.3 Å². The summed E-state index contributed by atoms with van der Waals surface area (Å²) in [6, 6.07) is 2.48. The largest absolute Gasteiger partial charge is 0.332 e. The van der Waals surface area contributed by atoms with Gasteiger partial charge >= 0.3 is 0 Å². The summed E-state index contributed by atoms with van der Waals surface area (Å²) in [7, 11) is 0. The van der Waals surface area contributed by atoms with Crippen molar-refractivity contribution in [1.29, 1.82) is 0 Å². The molecule has 0 amide bonds. The highest BCUT2D eigenvalue weighted by Gasteiger charge is 2.18. The van der Waals surface area contributed by atoms with Crippen molar-refractivity contribution >= 4 is 0 Å². The van der Waals surface area contributed by atoms with Crippen LogP contribution in [-0.2, 0) is 0 Å². The number of hydrogen-bond acceptors (Lipinski definition) is 5. The smallest absolute Gasteiger partial charge is 0.276 e. The Hall–Kier alpha value is -1.82. The van der Waals surface area contributed by atoms with Gasteiger partial charge in [0.1, 0.15) is 11.5 Å². The second-order valence-electron chi connectivity index (χ2n) is 4.09. The number of rotatable bonds is 3. The summed E-state index contributed by atoms with van der Waals surface area (Å²) in [5.74, 6) is 0.478. The molecule has 2 aromatic rings. The van der Waals surface area contributed by atoms with Gasteiger partial charge in [-0.2, -0.15) is 4.98 Å². The maximum atomic E-state index is 12.7. The van der Waals surface area contributed by atoms with E-state index in [0.717, 1.165) is 6.20 Å². The van der Waals surface area contributed by atoms with Crippen LogP contribution >= 0.6 is 0 Å². The molecule has 0 aliphatic heterocycles. The van der Waals surface area contributed by atoms with E-state index in [-0.39, 0.29) is 17.9 Å². The lowest BCUT2D eigenvalue weighted by molar-refractivity contribution is 0.399. The van der Waals surface area contributed by atoms with Crippen LogP contribution in [0.1, 0.15) is 25.7 Å². The topological polar surface area (TPSA) is 77.8 Å². The number of nitrogens with two attached hydrogens (primary N) is 1. The summed E-state index contributed by atoms with van der Waals surface area (Å²) < 4.78 is 17.7. The Balaban J connectivity index is 2.26. The first-order valence-electron chi connectivity index (χ1n) is 5.29. The van der Waals surface area contributed by atoms with Gasteiger partial charge in [0.15, 0.2) is 5.82 Å². The number of halogens is 1. The summed E-state index contributed by atoms with van der Waals surface area (Å²) in [5, 5.41) is 3.79. The second kappa shape index (κ2) is 4.58. The third-order valence-corrected chi connectivity index (χ3v) is 2.40. The SMILES string of the molecule is CC(C)C(N)c1noc(-c2ccc(F)cn2)n1. The highest BCUT2D eigenvalue weighted by atomic mass is 19.1. The predicted molar refractivity (Wildman–Crippen MR) is 59.3 cm³/mol. The van der Waals surface area contributed by atoms with Gasteiger partial charge in [0.25, 0.3) is 5.89 Å². The Morgan fingerprint density at radius 2 is 2.12 bits per heavy atom. The summed E-state index contributed by atoms with van der Waals surface area (Å²) in [5.41, 5.74) is 6.32. The van der Waals surface area contributed by atoms with Gasteiger partial charge in [0.05, 0.1) is 12.2 Å². The molecule has 6 heteroatoms. The molecule has 0 spiro atoms. The zero-order valence-electron chi connectivity index (χ0n) is 9.59. The number of pyridine rings is 1. The van der Waals surface area contributed by atoms with Crippen molar-refractivity contribution in [2.45, 2.75) is 19.9 Å². The third-order valence-electron chi connectivity index (χ3n) is 2.40. The van der Waals surface area contributed by atoms with Gasteiger partial charge in [-0.3, -0.25) is 0 Å². The fourth-order valence-corrected chi connectivity index (χ4v) is 1.27. The Labute approximate surface area is 97.9 Å². The van der Waals surface area contributed by atoms with E-state index in [1.54, 1.807) is 0 Å². The molecular weight excluding hydrogens is 223 g/mol. The van der Waals surface area contributed by atoms with Crippen molar-refractivity contribution in [3.8, 4) is 11.6 Å². The third kappa shape index (κ3) is 2.47. The van der Waals surface area contributed by atoms with Gasteiger partial charge in [-0.25, -0.2) is 9.37 Å². The molecule has 0 saturated heterocycles. The molecule has 17 heavy (non-hydrogen) atoms. The molecule has 0 aliphatic rings. The Kier molecular flexibility index (Phi) is 3.14. The lowest BCUT2D eigenvalue weighted by Gasteiger charge is -2.09. The first-order chi connectivity index (χ1) is 8.08. The molecule has 0 fully saturated rings. The van der Waals surface area contributed by atoms with Gasteiger partial charge in [0, 0.05) is 0 Å². The zero-order valence-corrected chi connectivity index (χ0v) is 9.59. The number of aromatic nitrogens is 3. The molecule has 1 unspecified atom stereocenters. The number of hydrogen-bond donors (Lipinski definition) is 1. The minimum atomic E-state index is -0.410. The molecule has 5 nitrogen and oxygen atoms in total. The highest BCUT2D eigenvalue weighted by Crippen LogP contribution is 2.20. The monoisotopic (exact) mass is 236 g/mol. The standard InChI is InChI=1S/C11H13FN4O/c1-6(2)9(13)10-15-11(17-16-10)8-4-3-7(12)5-14-8/h3-6,9H,13H2,1-2H3. The van der Waals surface area contributed by atoms with Crippen molar-refractivity contribution in [1.82, 2.24) is 15.1 Å². The van der Waals surface area contributed by atoms with Crippen molar-refractivity contribution in [2.75, 3.05) is 0 Å². The van der Waals surface area contributed by atoms with Crippen LogP contribution in [0.4, 0.5) is 4.39 Å². The van der Waals surface area contributed by atoms with Crippen molar-refractivity contribution in [2.24, 2.45) is 11.7 Å². The maximum Gasteiger partial charge on any atom is 0.276 e. The van der Waals surface area contributed by atoms with Gasteiger partial charge in [0.2, 0.25) is 0 Å². The Morgan fingerprint density at radius 3 is 2.71 bits per heavy atom. The van der Waals surface area contributed by atoms with E-state index in [9.17, 15) is 4.39 Å². The van der Waals surface area contributed by atoms with Crippen LogP contribution in [0, 0.1) is 11.7 Å². The van der Waals surface area contributed by atoms with Crippen LogP contribution in [-0.4, -0.2) is 15.1 Å². The van der Waals surface area contributed by atoms with Crippen LogP contribution in [0.25, 0.3) is 11.6 Å². The minimum Gasteiger partial charge on any atom is -0.332 e. The Bertz CT molecular complexity index is 494. The molecule has 0 radical (unpaired) electrons. The Morgan fingerprint density at radius 1 is 1.35 bits per heavy atom. The molecule has 0 bridgehead atoms. The van der Waals surface area contributed by atoms with Gasteiger partial charge in [-0.05, 0) is 18.1 Å². The van der Waals surface area contributed by atoms with Gasteiger partial charge in [-0.1, -0.05) is 19.0 Å². The van der Waals surface area contributed by atoms with Crippen molar-refractivity contribution in [3.05, 3.63) is 30.0 Å². The average molecular weight is 236 g/mol. The molecule has 2 rings (SSSR count).